The summed E-state index contributed by atoms with van der Waals surface area (Å²) in [6, 6.07) is 0.812. The van der Waals surface area contributed by atoms with E-state index in [1.54, 1.807) is 34.8 Å². The lowest BCUT2D eigenvalue weighted by Gasteiger charge is -2.39. The molecule has 0 aliphatic rings. The van der Waals surface area contributed by atoms with Crippen LogP contribution in [0.25, 0.3) is 0 Å². The Labute approximate surface area is 253 Å². The molecule has 41 heavy (non-hydrogen) atoms. The van der Waals surface area contributed by atoms with Gasteiger partial charge in [0, 0.05) is 7.11 Å². The number of ether oxygens (including phenoxy) is 4. The van der Waals surface area contributed by atoms with Crippen LogP contribution in [-0.4, -0.2) is 76.6 Å². The first-order valence-corrected chi connectivity index (χ1v) is 24.1. The van der Waals surface area contributed by atoms with Crippen molar-refractivity contribution in [1.82, 2.24) is 0 Å². The SMILES string of the molecule is CCC(C)(CC(C)(CC(C)(C)C(=O)OCC(C)OC)C(=O)OCCC[Si](C)(C)O[Si](C)(C)O[Si](C)(C)C)C(=O)OC. The van der Waals surface area contributed by atoms with Crippen molar-refractivity contribution >= 4 is 43.1 Å². The molecule has 3 unspecified atom stereocenters. The highest BCUT2D eigenvalue weighted by atomic mass is 28.5. The van der Waals surface area contributed by atoms with E-state index in [1.807, 2.05) is 13.8 Å². The lowest BCUT2D eigenvalue weighted by Crippen LogP contribution is -2.51. The fourth-order valence-electron chi connectivity index (χ4n) is 5.47. The number of hydrogen-bond donors (Lipinski definition) is 0. The van der Waals surface area contributed by atoms with Crippen LogP contribution in [0, 0.1) is 16.2 Å². The van der Waals surface area contributed by atoms with Gasteiger partial charge >= 0.3 is 26.5 Å². The zero-order valence-corrected chi connectivity index (χ0v) is 31.7. The zero-order valence-electron chi connectivity index (χ0n) is 28.7. The predicted octanol–water partition coefficient (Wildman–Crippen LogP) is 6.67. The highest BCUT2D eigenvalue weighted by Crippen LogP contribution is 2.45. The molecule has 12 heteroatoms. The van der Waals surface area contributed by atoms with Crippen LogP contribution < -0.4 is 0 Å². The maximum atomic E-state index is 13.7. The third-order valence-electron chi connectivity index (χ3n) is 7.20. The molecule has 9 nitrogen and oxygen atoms in total. The molecule has 0 aromatic carbocycles. The standard InChI is InChI=1S/C29H60O9Si3/c1-16-28(5,25(31)34-8)22-29(6,21-27(3,4)24(30)36-20-23(2)33-7)26(32)35-18-17-19-40(12,13)38-41(14,15)37-39(9,10)11/h23H,16-22H2,1-15H3. The van der Waals surface area contributed by atoms with Gasteiger partial charge in [0.1, 0.15) is 6.61 Å². The first-order chi connectivity index (χ1) is 18.4. The highest BCUT2D eigenvalue weighted by Gasteiger charge is 2.50. The number of carbonyl (C=O) groups excluding carboxylic acids is 3. The zero-order chi connectivity index (χ0) is 32.5. The van der Waals surface area contributed by atoms with Gasteiger partial charge in [-0.05, 0) is 112 Å². The molecular weight excluding hydrogens is 577 g/mol. The minimum Gasteiger partial charge on any atom is -0.469 e. The van der Waals surface area contributed by atoms with Gasteiger partial charge in [0.2, 0.25) is 0 Å². The summed E-state index contributed by atoms with van der Waals surface area (Å²) in [4.78, 5) is 39.5. The summed E-state index contributed by atoms with van der Waals surface area (Å²) in [5.41, 5.74) is -3.08. The van der Waals surface area contributed by atoms with Gasteiger partial charge < -0.3 is 27.2 Å². The molecule has 0 fully saturated rings. The summed E-state index contributed by atoms with van der Waals surface area (Å²) in [6.07, 6.45) is 1.18. The quantitative estimate of drug-likeness (QED) is 0.0664. The van der Waals surface area contributed by atoms with E-state index in [1.165, 1.54) is 7.11 Å². The Kier molecular flexibility index (Phi) is 15.2. The monoisotopic (exact) mass is 636 g/mol. The Morgan fingerprint density at radius 2 is 1.32 bits per heavy atom. The lowest BCUT2D eigenvalue weighted by molar-refractivity contribution is -0.169. The molecular formula is C29H60O9Si3. The van der Waals surface area contributed by atoms with Gasteiger partial charge in [-0.25, -0.2) is 0 Å². The summed E-state index contributed by atoms with van der Waals surface area (Å²) in [5.74, 6) is -1.27. The molecule has 0 aromatic rings. The Hall–Kier alpha value is -1.06. The van der Waals surface area contributed by atoms with Crippen LogP contribution >= 0.6 is 0 Å². The summed E-state index contributed by atoms with van der Waals surface area (Å²) >= 11 is 0. The third-order valence-corrected chi connectivity index (χ3v) is 17.3. The van der Waals surface area contributed by atoms with Crippen molar-refractivity contribution in [3.8, 4) is 0 Å². The summed E-state index contributed by atoms with van der Waals surface area (Å²) < 4.78 is 34.5. The number of carbonyl (C=O) groups is 3. The fraction of sp³-hybridized carbons (Fsp3) is 0.897. The van der Waals surface area contributed by atoms with Gasteiger partial charge in [-0.3, -0.25) is 14.4 Å². The van der Waals surface area contributed by atoms with E-state index >= 15 is 0 Å². The van der Waals surface area contributed by atoms with Crippen LogP contribution in [0.3, 0.4) is 0 Å². The summed E-state index contributed by atoms with van der Waals surface area (Å²) in [7, 11) is -3.16. The van der Waals surface area contributed by atoms with Crippen LogP contribution in [0.1, 0.15) is 67.2 Å². The lowest BCUT2D eigenvalue weighted by atomic mass is 9.65. The smallest absolute Gasteiger partial charge is 0.311 e. The molecule has 0 radical (unpaired) electrons. The van der Waals surface area contributed by atoms with Crippen LogP contribution in [0.5, 0.6) is 0 Å². The Balaban J connectivity index is 5.70. The van der Waals surface area contributed by atoms with E-state index in [4.69, 9.17) is 27.2 Å². The third kappa shape index (κ3) is 14.3. The minimum atomic E-state index is -2.27. The van der Waals surface area contributed by atoms with E-state index in [0.29, 0.717) is 12.8 Å². The average molecular weight is 637 g/mol. The molecule has 0 amide bonds. The Morgan fingerprint density at radius 1 is 0.756 bits per heavy atom. The first-order valence-electron chi connectivity index (χ1n) is 14.7. The van der Waals surface area contributed by atoms with E-state index in [2.05, 4.69) is 45.8 Å². The van der Waals surface area contributed by atoms with Crippen molar-refractivity contribution < 1.29 is 41.6 Å². The minimum absolute atomic E-state index is 0.110. The summed E-state index contributed by atoms with van der Waals surface area (Å²) in [6.45, 7) is 26.1. The van der Waals surface area contributed by atoms with Gasteiger partial charge in [-0.15, -0.1) is 0 Å². The highest BCUT2D eigenvalue weighted by molar-refractivity contribution is 6.87. The molecule has 0 saturated carbocycles. The molecule has 0 saturated heterocycles. The molecule has 0 rings (SSSR count). The molecule has 0 bridgehead atoms. The van der Waals surface area contributed by atoms with Gasteiger partial charge in [0.15, 0.2) is 16.6 Å². The average Bonchev–Trinajstić information content (AvgIpc) is 2.81. The maximum absolute atomic E-state index is 13.7. The molecule has 0 heterocycles. The Morgan fingerprint density at radius 3 is 1.78 bits per heavy atom. The van der Waals surface area contributed by atoms with Crippen molar-refractivity contribution in [2.75, 3.05) is 27.4 Å². The normalized spacial score (nSPS) is 16.8. The predicted molar refractivity (Wildman–Crippen MR) is 170 cm³/mol. The van der Waals surface area contributed by atoms with Crippen LogP contribution in [-0.2, 0) is 41.6 Å². The number of rotatable bonds is 19. The van der Waals surface area contributed by atoms with Crippen LogP contribution in [0.4, 0.5) is 0 Å². The van der Waals surface area contributed by atoms with Crippen molar-refractivity contribution in [2.45, 2.75) is 125 Å². The largest absolute Gasteiger partial charge is 0.469 e. The second-order valence-corrected chi connectivity index (χ2v) is 27.2. The molecule has 0 spiro atoms. The topological polar surface area (TPSA) is 107 Å². The van der Waals surface area contributed by atoms with Crippen molar-refractivity contribution in [2.24, 2.45) is 16.2 Å². The molecule has 242 valence electrons. The molecule has 0 N–H and O–H groups in total. The first kappa shape index (κ1) is 39.9. The number of methoxy groups -OCH3 is 2. The second kappa shape index (κ2) is 15.6. The molecule has 0 aliphatic heterocycles. The van der Waals surface area contributed by atoms with Gasteiger partial charge in [0.25, 0.3) is 0 Å². The van der Waals surface area contributed by atoms with Crippen molar-refractivity contribution in [3.63, 3.8) is 0 Å². The summed E-state index contributed by atoms with van der Waals surface area (Å²) in [5, 5.41) is 0. The van der Waals surface area contributed by atoms with Crippen LogP contribution in [0.2, 0.25) is 51.9 Å². The van der Waals surface area contributed by atoms with Crippen LogP contribution in [0.15, 0.2) is 0 Å². The van der Waals surface area contributed by atoms with E-state index in [-0.39, 0.29) is 32.2 Å². The van der Waals surface area contributed by atoms with E-state index < -0.39 is 59.3 Å². The fourth-order valence-corrected chi connectivity index (χ4v) is 18.6. The van der Waals surface area contributed by atoms with Gasteiger partial charge in [0.05, 0.1) is 36.1 Å². The van der Waals surface area contributed by atoms with Gasteiger partial charge in [-0.1, -0.05) is 6.92 Å². The van der Waals surface area contributed by atoms with E-state index in [9.17, 15) is 14.4 Å². The second-order valence-electron chi connectivity index (χ2n) is 14.6. The maximum Gasteiger partial charge on any atom is 0.311 e. The Bertz CT molecular complexity index is 870. The van der Waals surface area contributed by atoms with Gasteiger partial charge in [-0.2, -0.15) is 0 Å². The number of hydrogen-bond acceptors (Lipinski definition) is 9. The van der Waals surface area contributed by atoms with Crippen molar-refractivity contribution in [1.29, 1.82) is 0 Å². The van der Waals surface area contributed by atoms with Crippen molar-refractivity contribution in [3.05, 3.63) is 0 Å². The molecule has 0 aliphatic carbocycles. The number of esters is 3. The van der Waals surface area contributed by atoms with E-state index in [0.717, 1.165) is 6.04 Å². The molecule has 0 aromatic heterocycles. The molecule has 3 atom stereocenters.